The highest BCUT2D eigenvalue weighted by Gasteiger charge is 2.71. The highest BCUT2D eigenvalue weighted by molar-refractivity contribution is 7.91. The van der Waals surface area contributed by atoms with Gasteiger partial charge in [-0.05, 0) is 39.2 Å². The van der Waals surface area contributed by atoms with Gasteiger partial charge in [0.15, 0.2) is 6.87 Å². The third-order valence-corrected chi connectivity index (χ3v) is 150. The Morgan fingerprint density at radius 3 is 1.48 bits per heavy atom. The third kappa shape index (κ3) is 7.07. The van der Waals surface area contributed by atoms with Crippen LogP contribution in [0.15, 0.2) is 11.3 Å². The summed E-state index contributed by atoms with van der Waals surface area (Å²) < 4.78 is 14.2. The van der Waals surface area contributed by atoms with E-state index in [0.29, 0.717) is 13.0 Å². The summed E-state index contributed by atoms with van der Waals surface area (Å²) in [7, 11) is -10.6. The summed E-state index contributed by atoms with van der Waals surface area (Å²) in [5.74, 6) is -0.180. The zero-order valence-electron chi connectivity index (χ0n) is 33.2. The summed E-state index contributed by atoms with van der Waals surface area (Å²) >= 11 is 0. The number of hydrogen-bond acceptors (Lipinski definition) is 4. The van der Waals surface area contributed by atoms with Crippen molar-refractivity contribution in [3.8, 4) is 6.07 Å². The minimum atomic E-state index is -2.41. The smallest absolute Gasteiger partial charge is 0.306 e. The summed E-state index contributed by atoms with van der Waals surface area (Å²) in [6.45, 7) is 49.3. The van der Waals surface area contributed by atoms with Gasteiger partial charge >= 0.3 is 5.97 Å². The van der Waals surface area contributed by atoms with Crippen LogP contribution in [0.25, 0.3) is 0 Å². The minimum Gasteiger partial charge on any atom is -0.466 e. The van der Waals surface area contributed by atoms with E-state index >= 15 is 0 Å². The fraction of sp³-hybridized carbons (Fsp3) is 0.875. The highest BCUT2D eigenvalue weighted by Crippen LogP contribution is 2.59. The van der Waals surface area contributed by atoms with E-state index in [9.17, 15) is 10.1 Å². The molecule has 1 aliphatic rings. The Bertz CT molecular complexity index is 1050. The van der Waals surface area contributed by atoms with Gasteiger partial charge in [-0.15, -0.1) is 0 Å². The van der Waals surface area contributed by atoms with Crippen LogP contribution in [0.3, 0.4) is 0 Å². The first-order valence-corrected chi connectivity index (χ1v) is 48.2. The molecule has 0 heterocycles. The Morgan fingerprint density at radius 2 is 1.18 bits per heavy atom. The zero-order valence-corrected chi connectivity index (χ0v) is 41.2. The van der Waals surface area contributed by atoms with Crippen molar-refractivity contribution in [1.82, 2.24) is 0 Å². The Balaban J connectivity index is 4.70. The molecule has 44 heavy (non-hydrogen) atoms. The molecule has 1 fully saturated rings. The van der Waals surface area contributed by atoms with Crippen molar-refractivity contribution < 1.29 is 14.0 Å². The van der Waals surface area contributed by atoms with E-state index in [2.05, 4.69) is 143 Å². The molecule has 1 aliphatic carbocycles. The predicted octanol–water partition coefficient (Wildman–Crippen LogP) is 10.0. The summed E-state index contributed by atoms with van der Waals surface area (Å²) in [6.07, 6.45) is 2.18. The van der Waals surface area contributed by atoms with Crippen LogP contribution < -0.4 is 0 Å². The van der Waals surface area contributed by atoms with Crippen LogP contribution in [0.2, 0.25) is 118 Å². The van der Waals surface area contributed by atoms with E-state index in [4.69, 9.17) is 9.16 Å². The highest BCUT2D eigenvalue weighted by atomic mass is 29.9. The van der Waals surface area contributed by atoms with Crippen LogP contribution in [0, 0.1) is 22.7 Å². The molecule has 12 heteroatoms. The normalized spacial score (nSPS) is 22.7. The molecule has 0 saturated heterocycles. The van der Waals surface area contributed by atoms with Gasteiger partial charge in [0.1, 0.15) is 0 Å². The van der Waals surface area contributed by atoms with Gasteiger partial charge in [-0.2, -0.15) is 5.26 Å². The van der Waals surface area contributed by atoms with Crippen molar-refractivity contribution >= 4 is 65.0 Å². The quantitative estimate of drug-likeness (QED) is 0.139. The fourth-order valence-corrected chi connectivity index (χ4v) is 201. The topological polar surface area (TPSA) is 59.3 Å². The molecule has 0 N–H and O–H groups in total. The number of esters is 1. The number of hydrogen-bond donors (Lipinski definition) is 0. The second kappa shape index (κ2) is 13.0. The van der Waals surface area contributed by atoms with Crippen LogP contribution in [-0.4, -0.2) is 77.2 Å². The Kier molecular flexibility index (Phi) is 12.6. The lowest BCUT2D eigenvalue weighted by molar-refractivity contribution is -0.146. The average Bonchev–Trinajstić information content (AvgIpc) is 3.08. The van der Waals surface area contributed by atoms with Gasteiger partial charge < -0.3 is 9.16 Å². The van der Waals surface area contributed by atoms with E-state index in [1.54, 1.807) is 0 Å². The van der Waals surface area contributed by atoms with Gasteiger partial charge in [-0.3, -0.25) is 4.79 Å². The van der Waals surface area contributed by atoms with E-state index < -0.39 is 70.1 Å². The zero-order chi connectivity index (χ0) is 35.4. The van der Waals surface area contributed by atoms with E-state index in [-0.39, 0.29) is 11.9 Å². The summed E-state index contributed by atoms with van der Waals surface area (Å²) in [5.41, 5.74) is 2.84. The molecule has 0 unspecified atom stereocenters. The molecule has 1 rings (SSSR count). The summed E-state index contributed by atoms with van der Waals surface area (Å²) in [4.78, 5) is 13.4. The number of ether oxygens (including phenoxy) is 1. The first-order valence-electron chi connectivity index (χ1n) is 17.2. The Morgan fingerprint density at radius 1 is 0.795 bits per heavy atom. The molecule has 0 aromatic heterocycles. The average molecular weight is 745 g/mol. The van der Waals surface area contributed by atoms with Crippen LogP contribution in [0.4, 0.5) is 0 Å². The molecule has 0 bridgehead atoms. The van der Waals surface area contributed by atoms with Crippen LogP contribution in [0.1, 0.15) is 40.0 Å². The van der Waals surface area contributed by atoms with Crippen LogP contribution in [0.5, 0.6) is 0 Å². The monoisotopic (exact) mass is 743 g/mol. The van der Waals surface area contributed by atoms with Gasteiger partial charge in [0, 0.05) is 28.7 Å². The second-order valence-corrected chi connectivity index (χ2v) is 100. The number of carbonyl (C=O) groups excluding carboxylic acids is 1. The van der Waals surface area contributed by atoms with Crippen molar-refractivity contribution in [2.45, 2.75) is 163 Å². The molecule has 0 aromatic carbocycles. The van der Waals surface area contributed by atoms with Gasteiger partial charge in [-0.1, -0.05) is 124 Å². The number of nitrogens with zero attached hydrogens (tertiary/aromatic N) is 1. The lowest BCUT2D eigenvalue weighted by Gasteiger charge is -2.63. The maximum atomic E-state index is 13.4. The van der Waals surface area contributed by atoms with Gasteiger partial charge in [0.2, 0.25) is 0 Å². The molecule has 0 amide bonds. The van der Waals surface area contributed by atoms with Crippen molar-refractivity contribution in [2.24, 2.45) is 11.3 Å². The Hall–Kier alpha value is 0.395. The lowest BCUT2D eigenvalue weighted by atomic mass is 9.67. The van der Waals surface area contributed by atoms with Crippen molar-refractivity contribution in [3.05, 3.63) is 11.3 Å². The molecule has 0 aliphatic heterocycles. The SMILES string of the molecule is CCOC(=O)C[C@H]1CC/C(=C\[Si]([Si](C)(C)C)([Si](C)(C)C)[Si](C)(C)C)[C@@]1(O[Si]([Si](C)(C)C)([Si](C)(C)C)[Si](C)(C)C)C(C)(C)C#N. The molecule has 256 valence electrons. The molecule has 2 atom stereocenters. The number of nitriles is 1. The molecule has 1 saturated carbocycles. The Labute approximate surface area is 281 Å². The van der Waals surface area contributed by atoms with Crippen molar-refractivity contribution in [1.29, 1.82) is 5.26 Å². The first kappa shape index (κ1) is 42.4. The first-order chi connectivity index (χ1) is 19.2. The molecular formula is C32H73NO3Si8. The molecular weight excluding hydrogens is 671 g/mol. The van der Waals surface area contributed by atoms with Crippen molar-refractivity contribution in [3.63, 3.8) is 0 Å². The lowest BCUT2D eigenvalue weighted by Crippen LogP contribution is -2.87. The molecule has 4 nitrogen and oxygen atoms in total. The summed E-state index contributed by atoms with van der Waals surface area (Å²) in [6, 6.07) is 2.87. The van der Waals surface area contributed by atoms with Crippen LogP contribution >= 0.6 is 0 Å². The molecule has 0 spiro atoms. The van der Waals surface area contributed by atoms with E-state index in [1.165, 1.54) is 5.57 Å². The minimum absolute atomic E-state index is 0.0463. The maximum Gasteiger partial charge on any atom is 0.306 e. The van der Waals surface area contributed by atoms with E-state index in [1.807, 2.05) is 6.92 Å². The van der Waals surface area contributed by atoms with Gasteiger partial charge in [0.05, 0.1) is 59.5 Å². The third-order valence-electron chi connectivity index (χ3n) is 11.2. The number of rotatable bonds is 13. The fourth-order valence-electron chi connectivity index (χ4n) is 11.5. The van der Waals surface area contributed by atoms with Gasteiger partial charge in [0.25, 0.3) is 0 Å². The standard InChI is InChI=1S/C32H73NO3Si8/c1-22-35-30(34)25-28-23-24-29(26-43(37(4,5)6,38(7,8)9)39(10,11)12)32(28,31(2,3)27-33)36-44(40(13,14)15,41(16,17)18)42(19,20)21/h26,28H,22-25H2,1-21H3/b29-26+/t28-,32-/m1/s1. The second-order valence-electron chi connectivity index (χ2n) is 20.5. The molecule has 0 aromatic rings. The predicted molar refractivity (Wildman–Crippen MR) is 217 cm³/mol. The summed E-state index contributed by atoms with van der Waals surface area (Å²) in [5, 5.41) is 11.2. The molecule has 0 radical (unpaired) electrons. The van der Waals surface area contributed by atoms with E-state index in [0.717, 1.165) is 12.8 Å². The number of carbonyl (C=O) groups is 1. The van der Waals surface area contributed by atoms with Gasteiger partial charge in [-0.25, -0.2) is 0 Å². The van der Waals surface area contributed by atoms with Crippen LogP contribution in [-0.2, 0) is 14.0 Å². The largest absolute Gasteiger partial charge is 0.466 e. The maximum absolute atomic E-state index is 13.4. The van der Waals surface area contributed by atoms with Crippen molar-refractivity contribution in [2.75, 3.05) is 6.61 Å².